The summed E-state index contributed by atoms with van der Waals surface area (Å²) in [4.78, 5) is 12.3. The summed E-state index contributed by atoms with van der Waals surface area (Å²) in [6.45, 7) is 3.76. The van der Waals surface area contributed by atoms with Crippen molar-refractivity contribution in [2.24, 2.45) is 0 Å². The van der Waals surface area contributed by atoms with E-state index < -0.39 is 0 Å². The summed E-state index contributed by atoms with van der Waals surface area (Å²) in [5.74, 6) is -0.190. The highest BCUT2D eigenvalue weighted by Gasteiger charge is 2.15. The molecule has 2 aromatic carbocycles. The number of anilines is 1. The zero-order valence-corrected chi connectivity index (χ0v) is 14.0. The molecule has 0 saturated heterocycles. The van der Waals surface area contributed by atoms with Crippen LogP contribution in [0.15, 0.2) is 42.5 Å². The number of para-hydroxylation sites is 1. The van der Waals surface area contributed by atoms with Crippen LogP contribution >= 0.6 is 11.6 Å². The van der Waals surface area contributed by atoms with Gasteiger partial charge in [-0.15, -0.1) is 0 Å². The van der Waals surface area contributed by atoms with Gasteiger partial charge in [0.25, 0.3) is 5.91 Å². The summed E-state index contributed by atoms with van der Waals surface area (Å²) in [6, 6.07) is 12.3. The second kappa shape index (κ2) is 6.37. The molecule has 0 saturated carbocycles. The fraction of sp³-hybridized carbons (Fsp3) is 0.111. The maximum Gasteiger partial charge on any atom is 0.273 e. The summed E-state index contributed by atoms with van der Waals surface area (Å²) in [5.41, 5.74) is 3.66. The molecule has 6 heteroatoms. The number of aromatic nitrogens is 2. The van der Waals surface area contributed by atoms with Gasteiger partial charge in [0.2, 0.25) is 0 Å². The Bertz CT molecular complexity index is 918. The van der Waals surface area contributed by atoms with Crippen molar-refractivity contribution in [1.82, 2.24) is 10.2 Å². The molecule has 3 N–H and O–H groups in total. The third-order valence-electron chi connectivity index (χ3n) is 3.92. The van der Waals surface area contributed by atoms with Crippen molar-refractivity contribution in [3.8, 4) is 17.0 Å². The van der Waals surface area contributed by atoms with Crippen molar-refractivity contribution in [1.29, 1.82) is 0 Å². The number of phenols is 1. The van der Waals surface area contributed by atoms with Crippen LogP contribution in [0.5, 0.6) is 5.75 Å². The molecule has 122 valence electrons. The molecule has 0 radical (unpaired) electrons. The Morgan fingerprint density at radius 2 is 1.96 bits per heavy atom. The Balaban J connectivity index is 1.87. The average Bonchev–Trinajstić information content (AvgIpc) is 3.05. The maximum absolute atomic E-state index is 12.3. The molecule has 1 aromatic heterocycles. The summed E-state index contributed by atoms with van der Waals surface area (Å²) in [6.07, 6.45) is 0. The molecule has 24 heavy (non-hydrogen) atoms. The van der Waals surface area contributed by atoms with E-state index in [9.17, 15) is 9.90 Å². The Hall–Kier alpha value is -2.79. The van der Waals surface area contributed by atoms with E-state index in [1.807, 2.05) is 19.9 Å². The molecule has 0 bridgehead atoms. The Morgan fingerprint density at radius 1 is 1.21 bits per heavy atom. The summed E-state index contributed by atoms with van der Waals surface area (Å²) in [7, 11) is 0. The van der Waals surface area contributed by atoms with Gasteiger partial charge in [0.1, 0.15) is 11.4 Å². The molecule has 1 amide bonds. The Labute approximate surface area is 144 Å². The van der Waals surface area contributed by atoms with E-state index in [1.165, 1.54) is 0 Å². The monoisotopic (exact) mass is 341 g/mol. The zero-order valence-electron chi connectivity index (χ0n) is 13.2. The average molecular weight is 342 g/mol. The van der Waals surface area contributed by atoms with E-state index in [-0.39, 0.29) is 17.4 Å². The van der Waals surface area contributed by atoms with Crippen molar-refractivity contribution < 1.29 is 9.90 Å². The normalized spacial score (nSPS) is 10.6. The third kappa shape index (κ3) is 2.98. The van der Waals surface area contributed by atoms with E-state index in [1.54, 1.807) is 36.4 Å². The minimum atomic E-state index is -0.356. The lowest BCUT2D eigenvalue weighted by Crippen LogP contribution is -2.12. The third-order valence-corrected chi connectivity index (χ3v) is 4.25. The number of aromatic amines is 1. The van der Waals surface area contributed by atoms with Gasteiger partial charge in [0.15, 0.2) is 0 Å². The van der Waals surface area contributed by atoms with Crippen molar-refractivity contribution in [3.05, 3.63) is 64.3 Å². The minimum absolute atomic E-state index is 0.166. The molecule has 0 aliphatic heterocycles. The second-order valence-corrected chi connectivity index (χ2v) is 5.91. The number of hydrogen-bond donors (Lipinski definition) is 3. The Kier molecular flexibility index (Phi) is 4.27. The largest absolute Gasteiger partial charge is 0.507 e. The van der Waals surface area contributed by atoms with Gasteiger partial charge in [0, 0.05) is 5.56 Å². The van der Waals surface area contributed by atoms with E-state index >= 15 is 0 Å². The zero-order chi connectivity index (χ0) is 17.3. The highest BCUT2D eigenvalue weighted by atomic mass is 35.5. The number of benzene rings is 2. The van der Waals surface area contributed by atoms with Crippen LogP contribution in [0.4, 0.5) is 5.69 Å². The van der Waals surface area contributed by atoms with E-state index in [4.69, 9.17) is 11.6 Å². The molecule has 0 atom stereocenters. The molecule has 0 aliphatic carbocycles. The molecule has 3 aromatic rings. The number of nitrogens with zero attached hydrogens (tertiary/aromatic N) is 1. The van der Waals surface area contributed by atoms with Gasteiger partial charge in [0.05, 0.1) is 16.4 Å². The first-order valence-corrected chi connectivity index (χ1v) is 7.76. The van der Waals surface area contributed by atoms with Gasteiger partial charge in [-0.3, -0.25) is 9.89 Å². The smallest absolute Gasteiger partial charge is 0.273 e. The minimum Gasteiger partial charge on any atom is -0.507 e. The number of carbonyl (C=O) groups excluding carboxylic acids is 1. The molecule has 3 rings (SSSR count). The summed E-state index contributed by atoms with van der Waals surface area (Å²) in [5, 5.41) is 20.3. The first-order chi connectivity index (χ1) is 11.5. The van der Waals surface area contributed by atoms with Crippen molar-refractivity contribution >= 4 is 23.2 Å². The van der Waals surface area contributed by atoms with Crippen LogP contribution in [0.25, 0.3) is 11.3 Å². The standard InChI is InChI=1S/C18H16ClN3O2/c1-10-7-8-12(17(23)11(10)2)15-9-16(22-21-15)18(24)20-14-6-4-3-5-13(14)19/h3-9,23H,1-2H3,(H,20,24)(H,21,22). The number of halogens is 1. The quantitative estimate of drug-likeness (QED) is 0.664. The van der Waals surface area contributed by atoms with E-state index in [0.717, 1.165) is 11.1 Å². The Morgan fingerprint density at radius 3 is 2.71 bits per heavy atom. The van der Waals surface area contributed by atoms with Crippen molar-refractivity contribution in [2.45, 2.75) is 13.8 Å². The maximum atomic E-state index is 12.3. The topological polar surface area (TPSA) is 78.0 Å². The highest BCUT2D eigenvalue weighted by molar-refractivity contribution is 6.33. The van der Waals surface area contributed by atoms with Crippen LogP contribution in [-0.2, 0) is 0 Å². The number of phenolic OH excluding ortho intramolecular Hbond substituents is 1. The van der Waals surface area contributed by atoms with E-state index in [2.05, 4.69) is 15.5 Å². The van der Waals surface area contributed by atoms with Crippen molar-refractivity contribution in [3.63, 3.8) is 0 Å². The number of H-pyrrole nitrogens is 1. The molecule has 5 nitrogen and oxygen atoms in total. The summed E-state index contributed by atoms with van der Waals surface area (Å²) < 4.78 is 0. The molecule has 0 unspecified atom stereocenters. The summed E-state index contributed by atoms with van der Waals surface area (Å²) >= 11 is 6.04. The first-order valence-electron chi connectivity index (χ1n) is 7.38. The first kappa shape index (κ1) is 16.1. The number of carbonyl (C=O) groups is 1. The lowest BCUT2D eigenvalue weighted by atomic mass is 10.0. The van der Waals surface area contributed by atoms with Gasteiger partial charge < -0.3 is 10.4 Å². The fourth-order valence-corrected chi connectivity index (χ4v) is 2.52. The van der Waals surface area contributed by atoms with Crippen LogP contribution < -0.4 is 5.32 Å². The fourth-order valence-electron chi connectivity index (χ4n) is 2.34. The lowest BCUT2D eigenvalue weighted by molar-refractivity contribution is 0.102. The molecular formula is C18H16ClN3O2. The molecule has 1 heterocycles. The number of hydrogen-bond acceptors (Lipinski definition) is 3. The highest BCUT2D eigenvalue weighted by Crippen LogP contribution is 2.32. The van der Waals surface area contributed by atoms with Gasteiger partial charge in [-0.2, -0.15) is 5.10 Å². The van der Waals surface area contributed by atoms with Gasteiger partial charge in [-0.05, 0) is 49.2 Å². The molecule has 0 aliphatic rings. The van der Waals surface area contributed by atoms with Crippen LogP contribution in [0.2, 0.25) is 5.02 Å². The number of aromatic hydroxyl groups is 1. The number of rotatable bonds is 3. The number of amides is 1. The van der Waals surface area contributed by atoms with Crippen LogP contribution in [0, 0.1) is 13.8 Å². The molecule has 0 fully saturated rings. The predicted octanol–water partition coefficient (Wildman–Crippen LogP) is 4.30. The van der Waals surface area contributed by atoms with E-state index in [0.29, 0.717) is 22.0 Å². The van der Waals surface area contributed by atoms with Crippen molar-refractivity contribution in [2.75, 3.05) is 5.32 Å². The molecular weight excluding hydrogens is 326 g/mol. The van der Waals surface area contributed by atoms with Gasteiger partial charge in [-0.1, -0.05) is 29.8 Å². The molecule has 0 spiro atoms. The van der Waals surface area contributed by atoms with Crippen LogP contribution in [0.1, 0.15) is 21.6 Å². The second-order valence-electron chi connectivity index (χ2n) is 5.50. The number of nitrogens with one attached hydrogen (secondary N) is 2. The predicted molar refractivity (Wildman–Crippen MR) is 94.6 cm³/mol. The van der Waals surface area contributed by atoms with Crippen LogP contribution in [0.3, 0.4) is 0 Å². The number of aryl methyl sites for hydroxylation is 1. The lowest BCUT2D eigenvalue weighted by Gasteiger charge is -2.07. The SMILES string of the molecule is Cc1ccc(-c2cc(C(=O)Nc3ccccc3Cl)[nH]n2)c(O)c1C. The van der Waals surface area contributed by atoms with Gasteiger partial charge >= 0.3 is 0 Å². The van der Waals surface area contributed by atoms with Gasteiger partial charge in [-0.25, -0.2) is 0 Å². The van der Waals surface area contributed by atoms with Crippen LogP contribution in [-0.4, -0.2) is 21.2 Å².